The quantitative estimate of drug-likeness (QED) is 0.194. The summed E-state index contributed by atoms with van der Waals surface area (Å²) >= 11 is 1.79. The van der Waals surface area contributed by atoms with Crippen LogP contribution in [0.2, 0.25) is 0 Å². The predicted molar refractivity (Wildman–Crippen MR) is 199 cm³/mol. The van der Waals surface area contributed by atoms with Gasteiger partial charge in [0.25, 0.3) is 0 Å². The molecule has 4 nitrogen and oxygen atoms in total. The summed E-state index contributed by atoms with van der Waals surface area (Å²) in [5.74, 6) is 1.83. The summed E-state index contributed by atoms with van der Waals surface area (Å²) in [5, 5.41) is 6.80. The molecule has 0 radical (unpaired) electrons. The highest BCUT2D eigenvalue weighted by Gasteiger charge is 2.20. The molecule has 0 saturated carbocycles. The van der Waals surface area contributed by atoms with Crippen LogP contribution in [-0.4, -0.2) is 15.0 Å². The second-order valence-corrected chi connectivity index (χ2v) is 13.1. The molecule has 0 unspecified atom stereocenters. The zero-order valence-electron chi connectivity index (χ0n) is 25.6. The fourth-order valence-corrected chi connectivity index (χ4v) is 7.94. The Morgan fingerprint density at radius 2 is 1.02 bits per heavy atom. The van der Waals surface area contributed by atoms with Crippen molar-refractivity contribution >= 4 is 64.2 Å². The third-order valence-corrected chi connectivity index (χ3v) is 10.3. The average Bonchev–Trinajstić information content (AvgIpc) is 3.72. The number of fused-ring (bicyclic) bond motifs is 7. The van der Waals surface area contributed by atoms with Gasteiger partial charge >= 0.3 is 0 Å². The van der Waals surface area contributed by atoms with Gasteiger partial charge in [0.2, 0.25) is 0 Å². The van der Waals surface area contributed by atoms with E-state index in [1.807, 2.05) is 12.1 Å². The van der Waals surface area contributed by atoms with Crippen molar-refractivity contribution in [2.75, 3.05) is 0 Å². The van der Waals surface area contributed by atoms with Crippen LogP contribution in [-0.2, 0) is 0 Å². The van der Waals surface area contributed by atoms with Crippen LogP contribution in [0.25, 0.3) is 98.2 Å². The van der Waals surface area contributed by atoms with Gasteiger partial charge in [-0.3, -0.25) is 0 Å². The van der Waals surface area contributed by atoms with E-state index in [1.54, 1.807) is 11.3 Å². The van der Waals surface area contributed by atoms with Gasteiger partial charge in [0.05, 0.1) is 5.56 Å². The monoisotopic (exact) mass is 631 g/mol. The highest BCUT2D eigenvalue weighted by Crippen LogP contribution is 2.41. The minimum Gasteiger partial charge on any atom is -0.455 e. The summed E-state index contributed by atoms with van der Waals surface area (Å²) < 4.78 is 9.06. The number of hydrogen-bond donors (Lipinski definition) is 0. The van der Waals surface area contributed by atoms with E-state index >= 15 is 0 Å². The lowest BCUT2D eigenvalue weighted by atomic mass is 10.0. The van der Waals surface area contributed by atoms with Crippen molar-refractivity contribution in [2.45, 2.75) is 0 Å². The van der Waals surface area contributed by atoms with Gasteiger partial charge in [0.15, 0.2) is 17.5 Å². The van der Waals surface area contributed by atoms with E-state index < -0.39 is 0 Å². The van der Waals surface area contributed by atoms with E-state index in [-0.39, 0.29) is 0 Å². The van der Waals surface area contributed by atoms with Gasteiger partial charge in [-0.1, -0.05) is 121 Å². The molecule has 0 amide bonds. The van der Waals surface area contributed by atoms with Crippen molar-refractivity contribution < 1.29 is 4.42 Å². The Morgan fingerprint density at radius 3 is 1.88 bits per heavy atom. The maximum atomic E-state index is 6.62. The van der Waals surface area contributed by atoms with Crippen LogP contribution in [0, 0.1) is 0 Å². The average molecular weight is 632 g/mol. The summed E-state index contributed by atoms with van der Waals surface area (Å²) in [5.41, 5.74) is 6.66. The molecule has 0 atom stereocenters. The molecule has 0 aliphatic rings. The molecular formula is C43H25N3OS. The van der Waals surface area contributed by atoms with Crippen molar-refractivity contribution in [2.24, 2.45) is 0 Å². The lowest BCUT2D eigenvalue weighted by Crippen LogP contribution is -2.00. The number of rotatable bonds is 4. The van der Waals surface area contributed by atoms with E-state index in [4.69, 9.17) is 19.4 Å². The number of hydrogen-bond acceptors (Lipinski definition) is 5. The van der Waals surface area contributed by atoms with E-state index in [0.717, 1.165) is 55.0 Å². The van der Waals surface area contributed by atoms with Gasteiger partial charge in [-0.05, 0) is 52.2 Å². The lowest BCUT2D eigenvalue weighted by molar-refractivity contribution is 0.670. The van der Waals surface area contributed by atoms with Crippen molar-refractivity contribution in [3.8, 4) is 45.3 Å². The minimum atomic E-state index is 0.577. The first kappa shape index (κ1) is 27.0. The molecule has 0 fully saturated rings. The fourth-order valence-electron chi connectivity index (χ4n) is 6.81. The predicted octanol–water partition coefficient (Wildman–Crippen LogP) is 12.0. The Balaban J connectivity index is 1.22. The molecule has 0 N–H and O–H groups in total. The summed E-state index contributed by atoms with van der Waals surface area (Å²) in [7, 11) is 0. The Morgan fingerprint density at radius 1 is 0.417 bits per heavy atom. The van der Waals surface area contributed by atoms with E-state index in [1.165, 1.54) is 25.7 Å². The Hall–Kier alpha value is -6.17. The summed E-state index contributed by atoms with van der Waals surface area (Å²) in [6.07, 6.45) is 0. The van der Waals surface area contributed by atoms with Gasteiger partial charge in [0.1, 0.15) is 11.2 Å². The van der Waals surface area contributed by atoms with Gasteiger partial charge in [-0.15, -0.1) is 11.3 Å². The second kappa shape index (κ2) is 10.7. The molecule has 3 aromatic heterocycles. The molecule has 0 bridgehead atoms. The Labute approximate surface area is 279 Å². The van der Waals surface area contributed by atoms with Crippen LogP contribution in [0.5, 0.6) is 0 Å². The van der Waals surface area contributed by atoms with E-state index in [0.29, 0.717) is 17.5 Å². The van der Waals surface area contributed by atoms with Crippen molar-refractivity contribution in [3.63, 3.8) is 0 Å². The van der Waals surface area contributed by atoms with Gasteiger partial charge < -0.3 is 4.42 Å². The van der Waals surface area contributed by atoms with Crippen molar-refractivity contribution in [3.05, 3.63) is 152 Å². The number of benzene rings is 7. The third kappa shape index (κ3) is 4.33. The van der Waals surface area contributed by atoms with Crippen LogP contribution in [0.15, 0.2) is 156 Å². The van der Waals surface area contributed by atoms with Crippen molar-refractivity contribution in [1.82, 2.24) is 15.0 Å². The lowest BCUT2D eigenvalue weighted by Gasteiger charge is -2.10. The maximum Gasteiger partial charge on any atom is 0.167 e. The summed E-state index contributed by atoms with van der Waals surface area (Å²) in [4.78, 5) is 15.5. The zero-order chi connectivity index (χ0) is 31.6. The fraction of sp³-hybridized carbons (Fsp3) is 0. The molecular weight excluding hydrogens is 607 g/mol. The molecule has 3 heterocycles. The largest absolute Gasteiger partial charge is 0.455 e. The second-order valence-electron chi connectivity index (χ2n) is 12.0. The van der Waals surface area contributed by atoms with Crippen LogP contribution in [0.4, 0.5) is 0 Å². The van der Waals surface area contributed by atoms with Gasteiger partial charge in [0, 0.05) is 42.1 Å². The van der Waals surface area contributed by atoms with Crippen LogP contribution in [0.3, 0.4) is 0 Å². The summed E-state index contributed by atoms with van der Waals surface area (Å²) in [6.45, 7) is 0. The molecule has 10 rings (SSSR count). The number of furan rings is 1. The molecule has 224 valence electrons. The first-order chi connectivity index (χ1) is 23.8. The van der Waals surface area contributed by atoms with Gasteiger partial charge in [-0.2, -0.15) is 0 Å². The molecule has 0 saturated heterocycles. The minimum absolute atomic E-state index is 0.577. The number of nitrogens with zero attached hydrogens (tertiary/aromatic N) is 3. The first-order valence-corrected chi connectivity index (χ1v) is 16.8. The molecule has 0 aliphatic carbocycles. The summed E-state index contributed by atoms with van der Waals surface area (Å²) in [6, 6.07) is 52.7. The number of thiophene rings is 1. The van der Waals surface area contributed by atoms with E-state index in [9.17, 15) is 0 Å². The maximum absolute atomic E-state index is 6.62. The standard InChI is InChI=1S/C43H25N3OS/c1-2-10-26(11-3-1)27-20-22-28(23-21-27)41-44-42(33-16-9-19-38-39(33)32-14-6-7-18-37(32)48-38)46-43(45-41)34-17-8-15-31-35-24-29-12-4-5-13-30(29)25-36(35)47-40(31)34/h1-25H. The molecule has 48 heavy (non-hydrogen) atoms. The molecule has 0 aliphatic heterocycles. The Kier molecular flexibility index (Phi) is 6.01. The SMILES string of the molecule is c1ccc(-c2ccc(-c3nc(-c4cccc5c4oc4cc6ccccc6cc45)nc(-c4cccc5sc6ccccc6c45)n3)cc2)cc1. The smallest absolute Gasteiger partial charge is 0.167 e. The Bertz CT molecular complexity index is 2830. The third-order valence-electron chi connectivity index (χ3n) is 9.14. The zero-order valence-corrected chi connectivity index (χ0v) is 26.4. The molecule has 7 aromatic carbocycles. The van der Waals surface area contributed by atoms with Crippen LogP contribution in [0.1, 0.15) is 0 Å². The van der Waals surface area contributed by atoms with Crippen molar-refractivity contribution in [1.29, 1.82) is 0 Å². The highest BCUT2D eigenvalue weighted by atomic mass is 32.1. The number of para-hydroxylation sites is 1. The van der Waals surface area contributed by atoms with E-state index in [2.05, 4.69) is 140 Å². The topological polar surface area (TPSA) is 51.8 Å². The highest BCUT2D eigenvalue weighted by molar-refractivity contribution is 7.25. The number of aromatic nitrogens is 3. The van der Waals surface area contributed by atoms with Crippen LogP contribution >= 0.6 is 11.3 Å². The molecule has 0 spiro atoms. The normalized spacial score (nSPS) is 11.8. The molecule has 10 aromatic rings. The van der Waals surface area contributed by atoms with Gasteiger partial charge in [-0.25, -0.2) is 15.0 Å². The first-order valence-electron chi connectivity index (χ1n) is 15.9. The molecule has 5 heteroatoms. The van der Waals surface area contributed by atoms with Crippen LogP contribution < -0.4 is 0 Å².